The molecule has 408 valence electrons. The molecule has 4 aromatic rings. The van der Waals surface area contributed by atoms with Crippen molar-refractivity contribution in [3.05, 3.63) is 131 Å². The van der Waals surface area contributed by atoms with Crippen LogP contribution in [0.4, 0.5) is 0 Å². The summed E-state index contributed by atoms with van der Waals surface area (Å²) in [6.07, 6.45) is 49.1. The molecule has 0 amide bonds. The van der Waals surface area contributed by atoms with Crippen LogP contribution in [0.25, 0.3) is 33.4 Å². The Balaban J connectivity index is 0.924. The van der Waals surface area contributed by atoms with Gasteiger partial charge in [-0.2, -0.15) is 0 Å². The number of ether oxygens (including phenoxy) is 1. The summed E-state index contributed by atoms with van der Waals surface area (Å²) in [5.74, 6) is 6.42. The second kappa shape index (κ2) is 31.7. The fourth-order valence-corrected chi connectivity index (χ4v) is 14.8. The predicted octanol–water partition coefficient (Wildman–Crippen LogP) is 23.0. The highest BCUT2D eigenvalue weighted by molar-refractivity contribution is 5.73. The van der Waals surface area contributed by atoms with Gasteiger partial charge < -0.3 is 4.74 Å². The van der Waals surface area contributed by atoms with E-state index in [1.54, 1.807) is 11.1 Å². The minimum atomic E-state index is 0.608. The molecule has 4 fully saturated rings. The quantitative estimate of drug-likeness (QED) is 0.0515. The first-order valence-corrected chi connectivity index (χ1v) is 32.4. The van der Waals surface area contributed by atoms with Gasteiger partial charge in [0, 0.05) is 0 Å². The molecular weight excluding hydrogens is 905 g/mol. The molecule has 8 rings (SSSR count). The summed E-state index contributed by atoms with van der Waals surface area (Å²) in [4.78, 5) is 0. The zero-order valence-electron chi connectivity index (χ0n) is 48.5. The van der Waals surface area contributed by atoms with Crippen LogP contribution in [0.1, 0.15) is 267 Å². The van der Waals surface area contributed by atoms with E-state index in [2.05, 4.69) is 137 Å². The number of hydrogen-bond acceptors (Lipinski definition) is 1. The Morgan fingerprint density at radius 3 is 0.880 bits per heavy atom. The highest BCUT2D eigenvalue weighted by Crippen LogP contribution is 2.44. The zero-order chi connectivity index (χ0) is 51.9. The number of unbranched alkanes of at least 4 members (excludes halogenated alkanes) is 8. The van der Waals surface area contributed by atoms with Crippen LogP contribution in [0.2, 0.25) is 0 Å². The second-order valence-corrected chi connectivity index (χ2v) is 25.1. The summed E-state index contributed by atoms with van der Waals surface area (Å²) in [5.41, 5.74) is 14.3. The van der Waals surface area contributed by atoms with Crippen LogP contribution in [0.15, 0.2) is 109 Å². The maximum atomic E-state index is 6.70. The number of benzene rings is 4. The van der Waals surface area contributed by atoms with Gasteiger partial charge >= 0.3 is 0 Å². The smallest absolute Gasteiger partial charge is 0.0657 e. The summed E-state index contributed by atoms with van der Waals surface area (Å²) >= 11 is 0. The summed E-state index contributed by atoms with van der Waals surface area (Å²) in [5, 5.41) is 0. The first-order chi connectivity index (χ1) is 37.0. The average molecular weight is 1010 g/mol. The molecule has 0 unspecified atom stereocenters. The summed E-state index contributed by atoms with van der Waals surface area (Å²) in [6, 6.07) is 38.7. The van der Waals surface area contributed by atoms with Gasteiger partial charge in [0.25, 0.3) is 0 Å². The molecule has 4 aromatic carbocycles. The van der Waals surface area contributed by atoms with E-state index in [4.69, 9.17) is 4.74 Å². The van der Waals surface area contributed by atoms with Gasteiger partial charge in [0.15, 0.2) is 0 Å². The monoisotopic (exact) mass is 1010 g/mol. The second-order valence-electron chi connectivity index (χ2n) is 25.1. The Bertz CT molecular complexity index is 2050. The minimum absolute atomic E-state index is 0.608. The van der Waals surface area contributed by atoms with Crippen molar-refractivity contribution in [1.82, 2.24) is 0 Å². The van der Waals surface area contributed by atoms with Gasteiger partial charge in [0.2, 0.25) is 0 Å². The van der Waals surface area contributed by atoms with Crippen molar-refractivity contribution < 1.29 is 4.74 Å². The minimum Gasteiger partial charge on any atom is -0.373 e. The van der Waals surface area contributed by atoms with Crippen molar-refractivity contribution in [2.24, 2.45) is 35.5 Å². The number of hydrogen-bond donors (Lipinski definition) is 0. The van der Waals surface area contributed by atoms with E-state index in [0.29, 0.717) is 25.0 Å². The lowest BCUT2D eigenvalue weighted by Gasteiger charge is -2.31. The Labute approximate surface area is 461 Å². The van der Waals surface area contributed by atoms with E-state index in [9.17, 15) is 0 Å². The lowest BCUT2D eigenvalue weighted by Crippen LogP contribution is -2.17. The van der Waals surface area contributed by atoms with E-state index >= 15 is 0 Å². The first-order valence-electron chi connectivity index (χ1n) is 32.4. The predicted molar refractivity (Wildman–Crippen MR) is 327 cm³/mol. The van der Waals surface area contributed by atoms with Gasteiger partial charge in [-0.3, -0.25) is 0 Å². The molecule has 0 heterocycles. The van der Waals surface area contributed by atoms with Gasteiger partial charge in [-0.25, -0.2) is 0 Å². The topological polar surface area (TPSA) is 9.23 Å². The third-order valence-corrected chi connectivity index (χ3v) is 19.8. The van der Waals surface area contributed by atoms with E-state index in [0.717, 1.165) is 35.5 Å². The number of rotatable bonds is 28. The molecule has 1 heteroatoms. The third kappa shape index (κ3) is 17.7. The van der Waals surface area contributed by atoms with Crippen molar-refractivity contribution >= 4 is 11.1 Å². The molecule has 0 saturated heterocycles. The van der Waals surface area contributed by atoms with Crippen molar-refractivity contribution in [2.45, 2.75) is 245 Å². The van der Waals surface area contributed by atoms with Crippen molar-refractivity contribution in [2.75, 3.05) is 13.2 Å². The standard InChI is InChI=1S/C74H106O/c1-5-9-13-17-57-21-29-61(30-22-57)63-37-41-65(42-38-63)67-45-49-71(50-46-67)73(69-33-25-59(26-34-69)19-15-11-7-3)53-55-75-56-54-74(70-35-27-60(28-36-70)20-16-12-8-4)72-51-47-68(48-52-72)66-43-39-64(40-44-66)62-31-23-58(24-32-62)18-14-10-6-2/h37-54,57-62,69-70H,5-36,55-56H2,1-4H3. The van der Waals surface area contributed by atoms with Crippen LogP contribution in [0.5, 0.6) is 0 Å². The molecule has 0 bridgehead atoms. The fourth-order valence-electron chi connectivity index (χ4n) is 14.8. The van der Waals surface area contributed by atoms with E-state index in [-0.39, 0.29) is 0 Å². The van der Waals surface area contributed by atoms with Crippen LogP contribution in [-0.4, -0.2) is 13.2 Å². The lowest BCUT2D eigenvalue weighted by molar-refractivity contribution is 0.193. The molecule has 4 saturated carbocycles. The van der Waals surface area contributed by atoms with Crippen LogP contribution in [0, 0.1) is 35.5 Å². The van der Waals surface area contributed by atoms with E-state index in [1.165, 1.54) is 250 Å². The SMILES string of the molecule is CCCCCC1CCC(C(=CCOCC=C(c2ccc(-c3ccc(C4CCC(CCCCC)CC4)cc3)cc2)C2CCC(CCCCC)CC2)c2ccc(-c3ccc(C4CCC(CCCCC)CC4)cc3)cc2)CC1. The molecule has 0 atom stereocenters. The summed E-state index contributed by atoms with van der Waals surface area (Å²) in [6.45, 7) is 10.7. The highest BCUT2D eigenvalue weighted by Gasteiger charge is 2.28. The maximum Gasteiger partial charge on any atom is 0.0657 e. The van der Waals surface area contributed by atoms with Crippen molar-refractivity contribution in [3.63, 3.8) is 0 Å². The Hall–Kier alpha value is -3.68. The lowest BCUT2D eigenvalue weighted by atomic mass is 9.75. The Morgan fingerprint density at radius 2 is 0.600 bits per heavy atom. The van der Waals surface area contributed by atoms with Crippen LogP contribution in [0.3, 0.4) is 0 Å². The van der Waals surface area contributed by atoms with Crippen molar-refractivity contribution in [1.29, 1.82) is 0 Å². The Morgan fingerprint density at radius 1 is 0.333 bits per heavy atom. The molecule has 1 nitrogen and oxygen atoms in total. The van der Waals surface area contributed by atoms with E-state index in [1.807, 2.05) is 0 Å². The fraction of sp³-hybridized carbons (Fsp3) is 0.622. The number of allylic oxidation sites excluding steroid dienone is 2. The molecular formula is C74H106O. The third-order valence-electron chi connectivity index (χ3n) is 19.8. The molecule has 0 spiro atoms. The zero-order valence-corrected chi connectivity index (χ0v) is 48.5. The van der Waals surface area contributed by atoms with Gasteiger partial charge in [-0.05, 0) is 206 Å². The normalized spacial score (nSPS) is 24.9. The largest absolute Gasteiger partial charge is 0.373 e. The average Bonchev–Trinajstić information content (AvgIpc) is 3.46. The van der Waals surface area contributed by atoms with Crippen LogP contribution >= 0.6 is 0 Å². The molecule has 0 N–H and O–H groups in total. The molecule has 0 aromatic heterocycles. The molecule has 75 heavy (non-hydrogen) atoms. The van der Waals surface area contributed by atoms with Gasteiger partial charge in [0.05, 0.1) is 13.2 Å². The summed E-state index contributed by atoms with van der Waals surface area (Å²) < 4.78 is 6.70. The molecule has 0 aliphatic heterocycles. The van der Waals surface area contributed by atoms with Crippen LogP contribution in [-0.2, 0) is 4.74 Å². The van der Waals surface area contributed by atoms with Gasteiger partial charge in [0.1, 0.15) is 0 Å². The van der Waals surface area contributed by atoms with Crippen LogP contribution < -0.4 is 0 Å². The van der Waals surface area contributed by atoms with E-state index < -0.39 is 0 Å². The molecule has 0 radical (unpaired) electrons. The molecule has 4 aliphatic carbocycles. The van der Waals surface area contributed by atoms with Crippen molar-refractivity contribution in [3.8, 4) is 22.3 Å². The first kappa shape index (κ1) is 57.5. The highest BCUT2D eigenvalue weighted by atomic mass is 16.5. The maximum absolute atomic E-state index is 6.70. The van der Waals surface area contributed by atoms with Gasteiger partial charge in [-0.1, -0.05) is 240 Å². The summed E-state index contributed by atoms with van der Waals surface area (Å²) in [7, 11) is 0. The molecule has 4 aliphatic rings. The Kier molecular flexibility index (Phi) is 24.3. The van der Waals surface area contributed by atoms with Gasteiger partial charge in [-0.15, -0.1) is 0 Å².